The number of carbonyl (C=O) groups is 1. The average Bonchev–Trinajstić information content (AvgIpc) is 2.63. The first-order valence-electron chi connectivity index (χ1n) is 6.11. The van der Waals surface area contributed by atoms with Crippen molar-refractivity contribution in [1.29, 1.82) is 0 Å². The minimum absolute atomic E-state index is 0.0457. The van der Waals surface area contributed by atoms with Crippen molar-refractivity contribution in [2.24, 2.45) is 0 Å². The lowest BCUT2D eigenvalue weighted by molar-refractivity contribution is 0.0912. The van der Waals surface area contributed by atoms with E-state index in [4.69, 9.17) is 4.74 Å². The largest absolute Gasteiger partial charge is 0.496 e. The molecule has 20 heavy (non-hydrogen) atoms. The van der Waals surface area contributed by atoms with E-state index in [0.29, 0.717) is 6.42 Å². The molecule has 1 aliphatic rings. The van der Waals surface area contributed by atoms with Gasteiger partial charge in [-0.2, -0.15) is 0 Å². The molecule has 110 valence electrons. The zero-order valence-electron chi connectivity index (χ0n) is 11.3. The van der Waals surface area contributed by atoms with Crippen LogP contribution in [0.1, 0.15) is 23.7 Å². The minimum atomic E-state index is -3.13. The molecular weight excluding hydrogens is 285 g/mol. The number of rotatable bonds is 3. The second kappa shape index (κ2) is 5.05. The number of methoxy groups -OCH3 is 1. The van der Waals surface area contributed by atoms with E-state index in [1.165, 1.54) is 19.2 Å². The van der Waals surface area contributed by atoms with Gasteiger partial charge in [-0.15, -0.1) is 0 Å². The first-order chi connectivity index (χ1) is 9.25. The van der Waals surface area contributed by atoms with Crippen molar-refractivity contribution >= 4 is 15.7 Å². The zero-order chi connectivity index (χ0) is 15.0. The van der Waals surface area contributed by atoms with Crippen molar-refractivity contribution in [1.82, 2.24) is 5.32 Å². The van der Waals surface area contributed by atoms with E-state index in [-0.39, 0.29) is 22.8 Å². The van der Waals surface area contributed by atoms with Crippen LogP contribution in [0.15, 0.2) is 18.2 Å². The van der Waals surface area contributed by atoms with E-state index in [2.05, 4.69) is 5.32 Å². The van der Waals surface area contributed by atoms with Gasteiger partial charge in [-0.3, -0.25) is 4.79 Å². The fourth-order valence-electron chi connectivity index (χ4n) is 2.31. The fraction of sp³-hybridized carbons (Fsp3) is 0.462. The highest BCUT2D eigenvalue weighted by atomic mass is 32.2. The molecule has 5 nitrogen and oxygen atoms in total. The van der Waals surface area contributed by atoms with E-state index in [9.17, 15) is 17.6 Å². The van der Waals surface area contributed by atoms with Gasteiger partial charge in [0.15, 0.2) is 9.84 Å². The molecule has 1 aliphatic heterocycles. The second-order valence-electron chi connectivity index (χ2n) is 5.20. The van der Waals surface area contributed by atoms with Gasteiger partial charge in [-0.1, -0.05) is 0 Å². The molecule has 2 rings (SSSR count). The number of hydrogen-bond acceptors (Lipinski definition) is 4. The van der Waals surface area contributed by atoms with Crippen molar-refractivity contribution in [3.63, 3.8) is 0 Å². The Bertz CT molecular complexity index is 644. The Morgan fingerprint density at radius 1 is 1.45 bits per heavy atom. The quantitative estimate of drug-likeness (QED) is 0.909. The van der Waals surface area contributed by atoms with Crippen LogP contribution in [-0.2, 0) is 9.84 Å². The van der Waals surface area contributed by atoms with Gasteiger partial charge in [0.1, 0.15) is 11.6 Å². The number of halogens is 1. The van der Waals surface area contributed by atoms with Crippen LogP contribution in [0.3, 0.4) is 0 Å². The van der Waals surface area contributed by atoms with Crippen LogP contribution >= 0.6 is 0 Å². The third kappa shape index (κ3) is 3.09. The van der Waals surface area contributed by atoms with Crippen LogP contribution in [0.5, 0.6) is 5.75 Å². The van der Waals surface area contributed by atoms with Crippen LogP contribution < -0.4 is 10.1 Å². The summed E-state index contributed by atoms with van der Waals surface area (Å²) in [4.78, 5) is 12.2. The number of sulfone groups is 1. The van der Waals surface area contributed by atoms with Crippen molar-refractivity contribution in [3.8, 4) is 5.75 Å². The standard InChI is InChI=1S/C13H16FNO4S/c1-13(5-6-20(17,18)8-13)15-12(16)10-7-9(14)3-4-11(10)19-2/h3-4,7H,5-6,8H2,1-2H3,(H,15,16). The van der Waals surface area contributed by atoms with Crippen molar-refractivity contribution in [3.05, 3.63) is 29.6 Å². The Morgan fingerprint density at radius 2 is 2.15 bits per heavy atom. The second-order valence-corrected chi connectivity index (χ2v) is 7.39. The minimum Gasteiger partial charge on any atom is -0.496 e. The van der Waals surface area contributed by atoms with Gasteiger partial charge in [0.25, 0.3) is 5.91 Å². The normalized spacial score (nSPS) is 24.4. The van der Waals surface area contributed by atoms with E-state index >= 15 is 0 Å². The first-order valence-corrected chi connectivity index (χ1v) is 7.93. The van der Waals surface area contributed by atoms with Crippen LogP contribution in [0.4, 0.5) is 4.39 Å². The number of carbonyl (C=O) groups excluding carboxylic acids is 1. The van der Waals surface area contributed by atoms with Crippen molar-refractivity contribution < 1.29 is 22.3 Å². The van der Waals surface area contributed by atoms with E-state index in [0.717, 1.165) is 6.07 Å². The topological polar surface area (TPSA) is 72.5 Å². The Labute approximate surface area is 117 Å². The molecule has 1 aromatic carbocycles. The summed E-state index contributed by atoms with van der Waals surface area (Å²) in [5, 5.41) is 2.66. The third-order valence-electron chi connectivity index (χ3n) is 3.32. The molecule has 0 saturated carbocycles. The van der Waals surface area contributed by atoms with Crippen LogP contribution in [0.25, 0.3) is 0 Å². The summed E-state index contributed by atoms with van der Waals surface area (Å²) in [5.74, 6) is -0.914. The molecule has 1 aromatic rings. The average molecular weight is 301 g/mol. The first kappa shape index (κ1) is 14.8. The number of amides is 1. The smallest absolute Gasteiger partial charge is 0.255 e. The van der Waals surface area contributed by atoms with Crippen LogP contribution in [0, 0.1) is 5.82 Å². The third-order valence-corrected chi connectivity index (χ3v) is 5.23. The summed E-state index contributed by atoms with van der Waals surface area (Å²) in [6, 6.07) is 3.62. The predicted molar refractivity (Wildman–Crippen MR) is 72.1 cm³/mol. The summed E-state index contributed by atoms with van der Waals surface area (Å²) in [7, 11) is -1.74. The molecule has 0 spiro atoms. The molecule has 1 amide bonds. The summed E-state index contributed by atoms with van der Waals surface area (Å²) in [5.41, 5.74) is -0.772. The lowest BCUT2D eigenvalue weighted by Crippen LogP contribution is -2.47. The number of benzene rings is 1. The lowest BCUT2D eigenvalue weighted by atomic mass is 10.0. The van der Waals surface area contributed by atoms with Crippen molar-refractivity contribution in [2.75, 3.05) is 18.6 Å². The van der Waals surface area contributed by atoms with Crippen LogP contribution in [0.2, 0.25) is 0 Å². The van der Waals surface area contributed by atoms with Gasteiger partial charge in [-0.05, 0) is 31.5 Å². The fourth-order valence-corrected chi connectivity index (χ4v) is 4.40. The summed E-state index contributed by atoms with van der Waals surface area (Å²) in [6.07, 6.45) is 0.346. The Hall–Kier alpha value is -1.63. The molecule has 7 heteroatoms. The van der Waals surface area contributed by atoms with Gasteiger partial charge in [0.05, 0.1) is 29.7 Å². The molecule has 1 N–H and O–H groups in total. The molecule has 1 atom stereocenters. The summed E-state index contributed by atoms with van der Waals surface area (Å²) in [6.45, 7) is 1.67. The highest BCUT2D eigenvalue weighted by Gasteiger charge is 2.39. The maximum atomic E-state index is 13.2. The lowest BCUT2D eigenvalue weighted by Gasteiger charge is -2.24. The van der Waals surface area contributed by atoms with E-state index < -0.39 is 27.1 Å². The SMILES string of the molecule is COc1ccc(F)cc1C(=O)NC1(C)CCS(=O)(=O)C1. The molecule has 0 aromatic heterocycles. The maximum Gasteiger partial charge on any atom is 0.255 e. The molecular formula is C13H16FNO4S. The van der Waals surface area contributed by atoms with Crippen molar-refractivity contribution in [2.45, 2.75) is 18.9 Å². The molecule has 0 bridgehead atoms. The monoisotopic (exact) mass is 301 g/mol. The molecule has 1 saturated heterocycles. The van der Waals surface area contributed by atoms with E-state index in [1.54, 1.807) is 6.92 Å². The summed E-state index contributed by atoms with van der Waals surface area (Å²) < 4.78 is 41.3. The molecule has 1 fully saturated rings. The van der Waals surface area contributed by atoms with Gasteiger partial charge in [0.2, 0.25) is 0 Å². The van der Waals surface area contributed by atoms with Crippen LogP contribution in [-0.4, -0.2) is 38.5 Å². The maximum absolute atomic E-state index is 13.2. The Morgan fingerprint density at radius 3 is 2.70 bits per heavy atom. The highest BCUT2D eigenvalue weighted by Crippen LogP contribution is 2.25. The number of ether oxygens (including phenoxy) is 1. The van der Waals surface area contributed by atoms with Gasteiger partial charge >= 0.3 is 0 Å². The van der Waals surface area contributed by atoms with E-state index in [1.807, 2.05) is 0 Å². The number of hydrogen-bond donors (Lipinski definition) is 1. The number of nitrogens with one attached hydrogen (secondary N) is 1. The van der Waals surface area contributed by atoms with Gasteiger partial charge in [0, 0.05) is 0 Å². The molecule has 1 heterocycles. The predicted octanol–water partition coefficient (Wildman–Crippen LogP) is 1.14. The molecule has 0 aliphatic carbocycles. The summed E-state index contributed by atoms with van der Waals surface area (Å²) >= 11 is 0. The zero-order valence-corrected chi connectivity index (χ0v) is 12.1. The van der Waals surface area contributed by atoms with Gasteiger partial charge < -0.3 is 10.1 Å². The Balaban J connectivity index is 2.23. The highest BCUT2D eigenvalue weighted by molar-refractivity contribution is 7.91. The molecule has 0 radical (unpaired) electrons. The van der Waals surface area contributed by atoms with Gasteiger partial charge in [-0.25, -0.2) is 12.8 Å². The molecule has 1 unspecified atom stereocenters. The Kier molecular flexibility index (Phi) is 3.73.